The fourth-order valence-electron chi connectivity index (χ4n) is 2.62. The third-order valence-electron chi connectivity index (χ3n) is 4.15. The molecule has 0 saturated carbocycles. The molecule has 1 amide bonds. The molecule has 0 heterocycles. The van der Waals surface area contributed by atoms with Crippen molar-refractivity contribution in [2.24, 2.45) is 5.73 Å². The van der Waals surface area contributed by atoms with Crippen LogP contribution in [0.4, 0.5) is 13.2 Å². The summed E-state index contributed by atoms with van der Waals surface area (Å²) in [6.45, 7) is 2.47. The second-order valence-electron chi connectivity index (χ2n) is 6.21. The topological polar surface area (TPSA) is 55.1 Å². The van der Waals surface area contributed by atoms with Gasteiger partial charge in [0, 0.05) is 6.54 Å². The largest absolute Gasteiger partial charge is 0.416 e. The van der Waals surface area contributed by atoms with Crippen LogP contribution in [-0.4, -0.2) is 18.5 Å². The van der Waals surface area contributed by atoms with Gasteiger partial charge in [-0.25, -0.2) is 0 Å². The minimum atomic E-state index is -4.33. The number of benzene rings is 2. The van der Waals surface area contributed by atoms with Crippen LogP contribution in [0.3, 0.4) is 0 Å². The van der Waals surface area contributed by atoms with Crippen molar-refractivity contribution in [3.8, 4) is 11.1 Å². The first-order valence-electron chi connectivity index (χ1n) is 8.61. The highest BCUT2D eigenvalue weighted by atomic mass is 19.4. The molecule has 1 unspecified atom stereocenters. The highest BCUT2D eigenvalue weighted by molar-refractivity contribution is 5.81. The first-order valence-corrected chi connectivity index (χ1v) is 8.61. The first kappa shape index (κ1) is 20.0. The maximum Gasteiger partial charge on any atom is 0.416 e. The zero-order chi connectivity index (χ0) is 19.2. The van der Waals surface area contributed by atoms with E-state index in [1.807, 2.05) is 31.2 Å². The van der Waals surface area contributed by atoms with Crippen LogP contribution < -0.4 is 11.1 Å². The highest BCUT2D eigenvalue weighted by Crippen LogP contribution is 2.31. The van der Waals surface area contributed by atoms with Crippen molar-refractivity contribution in [3.05, 3.63) is 59.7 Å². The van der Waals surface area contributed by atoms with Gasteiger partial charge in [-0.15, -0.1) is 0 Å². The molecule has 0 fully saturated rings. The zero-order valence-electron chi connectivity index (χ0n) is 14.6. The Bertz CT molecular complexity index is 709. The Hall–Kier alpha value is -2.34. The summed E-state index contributed by atoms with van der Waals surface area (Å²) in [7, 11) is 0. The van der Waals surface area contributed by atoms with Crippen molar-refractivity contribution in [2.75, 3.05) is 6.54 Å². The van der Waals surface area contributed by atoms with Gasteiger partial charge in [-0.1, -0.05) is 49.7 Å². The molecule has 140 valence electrons. The number of rotatable bonds is 7. The molecule has 0 aliphatic rings. The lowest BCUT2D eigenvalue weighted by Crippen LogP contribution is -2.41. The Morgan fingerprint density at radius 3 is 2.08 bits per heavy atom. The van der Waals surface area contributed by atoms with Crippen LogP contribution in [0.15, 0.2) is 48.5 Å². The normalized spacial score (nSPS) is 12.7. The molecule has 3 nitrogen and oxygen atoms in total. The molecule has 0 aliphatic carbocycles. The van der Waals surface area contributed by atoms with Gasteiger partial charge in [-0.05, 0) is 41.7 Å². The standard InChI is InChI=1S/C20H23F3N2O/c1-2-3-18(24)19(26)25-13-12-14-4-6-15(7-5-14)16-8-10-17(11-9-16)20(21,22)23/h4-11,18H,2-3,12-13,24H2,1H3,(H,25,26). The highest BCUT2D eigenvalue weighted by Gasteiger charge is 2.29. The molecule has 2 rings (SSSR count). The molecular formula is C20H23F3N2O. The SMILES string of the molecule is CCCC(N)C(=O)NCCc1ccc(-c2ccc(C(F)(F)F)cc2)cc1. The fourth-order valence-corrected chi connectivity index (χ4v) is 2.62. The maximum absolute atomic E-state index is 12.6. The van der Waals surface area contributed by atoms with Crippen molar-refractivity contribution in [3.63, 3.8) is 0 Å². The number of halogens is 3. The molecular weight excluding hydrogens is 341 g/mol. The molecule has 26 heavy (non-hydrogen) atoms. The monoisotopic (exact) mass is 364 g/mol. The van der Waals surface area contributed by atoms with Crippen LogP contribution in [0.1, 0.15) is 30.9 Å². The molecule has 2 aromatic carbocycles. The summed E-state index contributed by atoms with van der Waals surface area (Å²) in [4.78, 5) is 11.7. The van der Waals surface area contributed by atoms with Crippen LogP contribution in [-0.2, 0) is 17.4 Å². The van der Waals surface area contributed by atoms with E-state index in [0.29, 0.717) is 19.4 Å². The first-order chi connectivity index (χ1) is 12.3. The molecule has 3 N–H and O–H groups in total. The van der Waals surface area contributed by atoms with Crippen LogP contribution >= 0.6 is 0 Å². The quantitative estimate of drug-likeness (QED) is 0.775. The molecule has 0 radical (unpaired) electrons. The second kappa shape index (κ2) is 8.85. The lowest BCUT2D eigenvalue weighted by molar-refractivity contribution is -0.137. The van der Waals surface area contributed by atoms with Crippen LogP contribution in [0, 0.1) is 0 Å². The third kappa shape index (κ3) is 5.59. The number of hydrogen-bond acceptors (Lipinski definition) is 2. The summed E-state index contributed by atoms with van der Waals surface area (Å²) in [5.41, 5.74) is 7.69. The molecule has 2 aromatic rings. The van der Waals surface area contributed by atoms with Gasteiger partial charge in [0.05, 0.1) is 11.6 Å². The van der Waals surface area contributed by atoms with Gasteiger partial charge in [0.1, 0.15) is 0 Å². The smallest absolute Gasteiger partial charge is 0.354 e. The molecule has 0 bridgehead atoms. The number of carbonyl (C=O) groups excluding carboxylic acids is 1. The van der Waals surface area contributed by atoms with E-state index in [1.165, 1.54) is 12.1 Å². The van der Waals surface area contributed by atoms with Gasteiger partial charge in [0.2, 0.25) is 5.91 Å². The number of nitrogens with one attached hydrogen (secondary N) is 1. The summed E-state index contributed by atoms with van der Waals surface area (Å²) in [5.74, 6) is -0.145. The molecule has 0 spiro atoms. The van der Waals surface area contributed by atoms with Gasteiger partial charge in [0.15, 0.2) is 0 Å². The van der Waals surface area contributed by atoms with E-state index in [-0.39, 0.29) is 5.91 Å². The van der Waals surface area contributed by atoms with Gasteiger partial charge in [-0.3, -0.25) is 4.79 Å². The van der Waals surface area contributed by atoms with Gasteiger partial charge >= 0.3 is 6.18 Å². The number of nitrogens with two attached hydrogens (primary N) is 1. The van der Waals surface area contributed by atoms with Crippen LogP contribution in [0.25, 0.3) is 11.1 Å². The van der Waals surface area contributed by atoms with E-state index < -0.39 is 17.8 Å². The van der Waals surface area contributed by atoms with E-state index >= 15 is 0 Å². The second-order valence-corrected chi connectivity index (χ2v) is 6.21. The predicted molar refractivity (Wildman–Crippen MR) is 96.5 cm³/mol. The van der Waals surface area contributed by atoms with Crippen molar-refractivity contribution in [1.29, 1.82) is 0 Å². The number of amides is 1. The van der Waals surface area contributed by atoms with Gasteiger partial charge < -0.3 is 11.1 Å². The Labute approximate surface area is 151 Å². The number of alkyl halides is 3. The van der Waals surface area contributed by atoms with E-state index in [2.05, 4.69) is 5.32 Å². The molecule has 0 aromatic heterocycles. The van der Waals surface area contributed by atoms with Gasteiger partial charge in [-0.2, -0.15) is 13.2 Å². The Morgan fingerprint density at radius 2 is 1.58 bits per heavy atom. The Morgan fingerprint density at radius 1 is 1.04 bits per heavy atom. The van der Waals surface area contributed by atoms with Crippen molar-refractivity contribution in [2.45, 2.75) is 38.4 Å². The summed E-state index contributed by atoms with van der Waals surface area (Å²) < 4.78 is 37.8. The van der Waals surface area contributed by atoms with Crippen LogP contribution in [0.2, 0.25) is 0 Å². The molecule has 1 atom stereocenters. The minimum Gasteiger partial charge on any atom is -0.354 e. The van der Waals surface area contributed by atoms with Crippen molar-refractivity contribution < 1.29 is 18.0 Å². The number of carbonyl (C=O) groups is 1. The maximum atomic E-state index is 12.6. The van der Waals surface area contributed by atoms with Crippen LogP contribution in [0.5, 0.6) is 0 Å². The molecule has 0 saturated heterocycles. The summed E-state index contributed by atoms with van der Waals surface area (Å²) in [6, 6.07) is 12.2. The Balaban J connectivity index is 1.91. The van der Waals surface area contributed by atoms with E-state index in [0.717, 1.165) is 35.2 Å². The minimum absolute atomic E-state index is 0.145. The van der Waals surface area contributed by atoms with Crippen molar-refractivity contribution in [1.82, 2.24) is 5.32 Å². The van der Waals surface area contributed by atoms with E-state index in [9.17, 15) is 18.0 Å². The Kier molecular flexibility index (Phi) is 6.80. The fraction of sp³-hybridized carbons (Fsp3) is 0.350. The lowest BCUT2D eigenvalue weighted by atomic mass is 10.0. The van der Waals surface area contributed by atoms with E-state index in [1.54, 1.807) is 0 Å². The summed E-state index contributed by atoms with van der Waals surface area (Å²) in [5, 5.41) is 2.81. The lowest BCUT2D eigenvalue weighted by Gasteiger charge is -2.11. The van der Waals surface area contributed by atoms with E-state index in [4.69, 9.17) is 5.73 Å². The third-order valence-corrected chi connectivity index (χ3v) is 4.15. The summed E-state index contributed by atoms with van der Waals surface area (Å²) in [6.07, 6.45) is -2.14. The predicted octanol–water partition coefficient (Wildman–Crippen LogP) is 4.16. The number of hydrogen-bond donors (Lipinski definition) is 2. The van der Waals surface area contributed by atoms with Crippen molar-refractivity contribution >= 4 is 5.91 Å². The average molecular weight is 364 g/mol. The van der Waals surface area contributed by atoms with Gasteiger partial charge in [0.25, 0.3) is 0 Å². The zero-order valence-corrected chi connectivity index (χ0v) is 14.6. The molecule has 6 heteroatoms. The molecule has 0 aliphatic heterocycles. The summed E-state index contributed by atoms with van der Waals surface area (Å²) >= 11 is 0. The average Bonchev–Trinajstić information content (AvgIpc) is 2.62.